The summed E-state index contributed by atoms with van der Waals surface area (Å²) in [5, 5.41) is 13.9. The Morgan fingerprint density at radius 1 is 1.52 bits per heavy atom. The van der Waals surface area contributed by atoms with E-state index in [4.69, 9.17) is 4.52 Å². The molecule has 1 saturated heterocycles. The molecule has 7 heteroatoms. The zero-order valence-corrected chi connectivity index (χ0v) is 13.6. The largest absolute Gasteiger partial charge is 0.361 e. The molecule has 2 N–H and O–H groups in total. The highest BCUT2D eigenvalue weighted by molar-refractivity contribution is 5.78. The molecule has 2 aromatic rings. The van der Waals surface area contributed by atoms with E-state index in [0.29, 0.717) is 19.0 Å². The van der Waals surface area contributed by atoms with Gasteiger partial charge in [-0.2, -0.15) is 5.10 Å². The summed E-state index contributed by atoms with van der Waals surface area (Å²) in [6.07, 6.45) is 4.02. The summed E-state index contributed by atoms with van der Waals surface area (Å²) in [6.45, 7) is 6.49. The number of rotatable bonds is 5. The molecule has 0 bridgehead atoms. The molecule has 0 saturated carbocycles. The normalized spacial score (nSPS) is 19.0. The van der Waals surface area contributed by atoms with Crippen molar-refractivity contribution < 1.29 is 9.32 Å². The van der Waals surface area contributed by atoms with Crippen molar-refractivity contribution in [3.63, 3.8) is 0 Å². The number of hydrogen-bond donors (Lipinski definition) is 2. The number of amides is 1. The fourth-order valence-corrected chi connectivity index (χ4v) is 3.15. The maximum Gasteiger partial charge on any atom is 0.234 e. The van der Waals surface area contributed by atoms with E-state index in [1.165, 1.54) is 0 Å². The third-order valence-corrected chi connectivity index (χ3v) is 4.48. The summed E-state index contributed by atoms with van der Waals surface area (Å²) in [4.78, 5) is 14.4. The highest BCUT2D eigenvalue weighted by Gasteiger charge is 2.23. The van der Waals surface area contributed by atoms with Crippen molar-refractivity contribution in [2.45, 2.75) is 39.2 Å². The SMILES string of the molecule is Cc1noc(C)c1CNC(=O)CN1CCC[C@H](c2ccn[nH]2)C1. The van der Waals surface area contributed by atoms with E-state index >= 15 is 0 Å². The average molecular weight is 317 g/mol. The molecule has 0 spiro atoms. The average Bonchev–Trinajstić information content (AvgIpc) is 3.17. The van der Waals surface area contributed by atoms with Crippen LogP contribution in [0.5, 0.6) is 0 Å². The Labute approximate surface area is 135 Å². The number of likely N-dealkylation sites (tertiary alicyclic amines) is 1. The van der Waals surface area contributed by atoms with Gasteiger partial charge in [-0.1, -0.05) is 5.16 Å². The maximum atomic E-state index is 12.2. The van der Waals surface area contributed by atoms with Crippen LogP contribution >= 0.6 is 0 Å². The van der Waals surface area contributed by atoms with Gasteiger partial charge in [0.15, 0.2) is 0 Å². The van der Waals surface area contributed by atoms with E-state index in [9.17, 15) is 4.79 Å². The molecule has 7 nitrogen and oxygen atoms in total. The molecule has 3 heterocycles. The van der Waals surface area contributed by atoms with Gasteiger partial charge in [-0.15, -0.1) is 0 Å². The lowest BCUT2D eigenvalue weighted by atomic mass is 9.95. The predicted molar refractivity (Wildman–Crippen MR) is 84.8 cm³/mol. The number of hydrogen-bond acceptors (Lipinski definition) is 5. The maximum absolute atomic E-state index is 12.2. The molecule has 0 radical (unpaired) electrons. The third kappa shape index (κ3) is 3.79. The van der Waals surface area contributed by atoms with Crippen LogP contribution in [0.1, 0.15) is 41.5 Å². The van der Waals surface area contributed by atoms with Gasteiger partial charge in [-0.25, -0.2) is 0 Å². The molecule has 0 unspecified atom stereocenters. The lowest BCUT2D eigenvalue weighted by Gasteiger charge is -2.31. The van der Waals surface area contributed by atoms with Crippen molar-refractivity contribution in [1.82, 2.24) is 25.6 Å². The van der Waals surface area contributed by atoms with Gasteiger partial charge in [0.1, 0.15) is 5.76 Å². The Morgan fingerprint density at radius 3 is 3.09 bits per heavy atom. The van der Waals surface area contributed by atoms with Crippen molar-refractivity contribution >= 4 is 5.91 Å². The Kier molecular flexibility index (Phi) is 4.76. The van der Waals surface area contributed by atoms with Gasteiger partial charge in [0, 0.05) is 36.5 Å². The van der Waals surface area contributed by atoms with Crippen LogP contribution in [0.3, 0.4) is 0 Å². The first-order chi connectivity index (χ1) is 11.1. The summed E-state index contributed by atoms with van der Waals surface area (Å²) >= 11 is 0. The van der Waals surface area contributed by atoms with E-state index in [1.54, 1.807) is 6.20 Å². The first-order valence-electron chi connectivity index (χ1n) is 8.03. The van der Waals surface area contributed by atoms with Gasteiger partial charge in [-0.05, 0) is 39.3 Å². The molecule has 124 valence electrons. The Morgan fingerprint density at radius 2 is 2.39 bits per heavy atom. The van der Waals surface area contributed by atoms with Crippen molar-refractivity contribution in [2.24, 2.45) is 0 Å². The van der Waals surface area contributed by atoms with Gasteiger partial charge in [0.2, 0.25) is 5.91 Å². The number of H-pyrrole nitrogens is 1. The highest BCUT2D eigenvalue weighted by Crippen LogP contribution is 2.24. The first kappa shape index (κ1) is 15.7. The first-order valence-corrected chi connectivity index (χ1v) is 8.03. The quantitative estimate of drug-likeness (QED) is 0.873. The Bertz CT molecular complexity index is 630. The fourth-order valence-electron chi connectivity index (χ4n) is 3.15. The number of nitrogens with one attached hydrogen (secondary N) is 2. The molecular weight excluding hydrogens is 294 g/mol. The van der Waals surface area contributed by atoms with E-state index in [2.05, 4.69) is 25.6 Å². The smallest absolute Gasteiger partial charge is 0.234 e. The summed E-state index contributed by atoms with van der Waals surface area (Å²) in [7, 11) is 0. The van der Waals surface area contributed by atoms with Gasteiger partial charge in [-0.3, -0.25) is 14.8 Å². The number of piperidine rings is 1. The zero-order valence-electron chi connectivity index (χ0n) is 13.6. The molecule has 0 aromatic carbocycles. The molecule has 3 rings (SSSR count). The van der Waals surface area contributed by atoms with Crippen molar-refractivity contribution in [3.05, 3.63) is 35.0 Å². The van der Waals surface area contributed by atoms with Crippen LogP contribution in [0.15, 0.2) is 16.8 Å². The van der Waals surface area contributed by atoms with Crippen molar-refractivity contribution in [3.8, 4) is 0 Å². The van der Waals surface area contributed by atoms with Crippen molar-refractivity contribution in [2.75, 3.05) is 19.6 Å². The minimum Gasteiger partial charge on any atom is -0.361 e. The summed E-state index contributed by atoms with van der Waals surface area (Å²) in [5.41, 5.74) is 2.96. The van der Waals surface area contributed by atoms with E-state index in [-0.39, 0.29) is 5.91 Å². The molecule has 0 aliphatic carbocycles. The van der Waals surface area contributed by atoms with Gasteiger partial charge >= 0.3 is 0 Å². The van der Waals surface area contributed by atoms with E-state index in [1.807, 2.05) is 19.9 Å². The fraction of sp³-hybridized carbons (Fsp3) is 0.562. The molecule has 1 atom stereocenters. The minimum absolute atomic E-state index is 0.0373. The van der Waals surface area contributed by atoms with Crippen LogP contribution in [0.2, 0.25) is 0 Å². The second-order valence-corrected chi connectivity index (χ2v) is 6.17. The second-order valence-electron chi connectivity index (χ2n) is 6.17. The molecule has 23 heavy (non-hydrogen) atoms. The summed E-state index contributed by atoms with van der Waals surface area (Å²) in [5.74, 6) is 1.23. The number of nitrogens with zero attached hydrogens (tertiary/aromatic N) is 3. The Balaban J connectivity index is 1.49. The Hall–Kier alpha value is -2.15. The predicted octanol–water partition coefficient (Wildman–Crippen LogP) is 1.51. The third-order valence-electron chi connectivity index (χ3n) is 4.48. The lowest BCUT2D eigenvalue weighted by molar-refractivity contribution is -0.122. The zero-order chi connectivity index (χ0) is 16.2. The topological polar surface area (TPSA) is 87.1 Å². The molecule has 1 aliphatic rings. The second kappa shape index (κ2) is 6.95. The molecular formula is C16H23N5O2. The van der Waals surface area contributed by atoms with Crippen LogP contribution in [-0.2, 0) is 11.3 Å². The van der Waals surface area contributed by atoms with Crippen molar-refractivity contribution in [1.29, 1.82) is 0 Å². The number of carbonyl (C=O) groups is 1. The van der Waals surface area contributed by atoms with Crippen LogP contribution in [0.4, 0.5) is 0 Å². The highest BCUT2D eigenvalue weighted by atomic mass is 16.5. The molecule has 1 aliphatic heterocycles. The molecule has 2 aromatic heterocycles. The number of aromatic nitrogens is 3. The van der Waals surface area contributed by atoms with Crippen LogP contribution in [-0.4, -0.2) is 45.8 Å². The minimum atomic E-state index is 0.0373. The van der Waals surface area contributed by atoms with E-state index in [0.717, 1.165) is 48.6 Å². The summed E-state index contributed by atoms with van der Waals surface area (Å²) < 4.78 is 5.11. The number of aryl methyl sites for hydroxylation is 2. The van der Waals surface area contributed by atoms with Gasteiger partial charge in [0.05, 0.1) is 12.2 Å². The van der Waals surface area contributed by atoms with Crippen LogP contribution in [0, 0.1) is 13.8 Å². The van der Waals surface area contributed by atoms with Crippen LogP contribution in [0.25, 0.3) is 0 Å². The monoisotopic (exact) mass is 317 g/mol. The van der Waals surface area contributed by atoms with Gasteiger partial charge in [0.25, 0.3) is 0 Å². The molecule has 1 fully saturated rings. The lowest BCUT2D eigenvalue weighted by Crippen LogP contribution is -2.42. The van der Waals surface area contributed by atoms with Crippen LogP contribution < -0.4 is 5.32 Å². The summed E-state index contributed by atoms with van der Waals surface area (Å²) in [6, 6.07) is 2.02. The van der Waals surface area contributed by atoms with Gasteiger partial charge < -0.3 is 9.84 Å². The standard InChI is InChI=1S/C16H23N5O2/c1-11-14(12(2)23-20-11)8-17-16(22)10-21-7-3-4-13(9-21)15-5-6-18-19-15/h5-6,13H,3-4,7-10H2,1-2H3,(H,17,22)(H,18,19)/t13-/m0/s1. The van der Waals surface area contributed by atoms with E-state index < -0.39 is 0 Å². The number of carbonyl (C=O) groups excluding carboxylic acids is 1. The molecule has 1 amide bonds. The number of aromatic amines is 1.